The van der Waals surface area contributed by atoms with E-state index in [-0.39, 0.29) is 18.1 Å². The van der Waals surface area contributed by atoms with Crippen LogP contribution in [0.2, 0.25) is 0 Å². The highest BCUT2D eigenvalue weighted by Crippen LogP contribution is 2.29. The molecule has 1 rings (SSSR count). The van der Waals surface area contributed by atoms with Crippen LogP contribution in [0.1, 0.15) is 24.8 Å². The van der Waals surface area contributed by atoms with E-state index in [9.17, 15) is 4.79 Å². The summed E-state index contributed by atoms with van der Waals surface area (Å²) in [7, 11) is 0. The van der Waals surface area contributed by atoms with Crippen molar-refractivity contribution in [1.82, 2.24) is 0 Å². The molecule has 2 N–H and O–H groups in total. The fourth-order valence-corrected chi connectivity index (χ4v) is 2.05. The van der Waals surface area contributed by atoms with Crippen LogP contribution in [0.15, 0.2) is 22.7 Å². The van der Waals surface area contributed by atoms with Crippen LogP contribution in [-0.4, -0.2) is 16.2 Å². The van der Waals surface area contributed by atoms with Crippen molar-refractivity contribution in [2.24, 2.45) is 0 Å². The highest BCUT2D eigenvalue weighted by Gasteiger charge is 2.13. The van der Waals surface area contributed by atoms with Crippen molar-refractivity contribution >= 4 is 21.9 Å². The zero-order chi connectivity index (χ0) is 10.7. The van der Waals surface area contributed by atoms with Gasteiger partial charge in [-0.2, -0.15) is 0 Å². The van der Waals surface area contributed by atoms with Gasteiger partial charge in [0.1, 0.15) is 5.75 Å². The molecule has 3 nitrogen and oxygen atoms in total. The first-order chi connectivity index (χ1) is 6.50. The van der Waals surface area contributed by atoms with Crippen molar-refractivity contribution in [2.45, 2.75) is 19.3 Å². The molecule has 0 fully saturated rings. The van der Waals surface area contributed by atoms with Gasteiger partial charge in [-0.15, -0.1) is 0 Å². The van der Waals surface area contributed by atoms with Gasteiger partial charge in [-0.3, -0.25) is 4.79 Å². The molecule has 14 heavy (non-hydrogen) atoms. The fraction of sp³-hybridized carbons (Fsp3) is 0.300. The monoisotopic (exact) mass is 258 g/mol. The lowest BCUT2D eigenvalue weighted by molar-refractivity contribution is -0.137. The van der Waals surface area contributed by atoms with Gasteiger partial charge in [0.15, 0.2) is 0 Å². The standard InChI is InChI=1S/C10H11BrO3/c1-6(4-10(13)14)8-3-2-7(12)5-9(8)11/h2-3,5-6,12H,4H2,1H3,(H,13,14). The fourth-order valence-electron chi connectivity index (χ4n) is 1.29. The molecular formula is C10H11BrO3. The molecule has 0 saturated heterocycles. The molecule has 0 radical (unpaired) electrons. The minimum Gasteiger partial charge on any atom is -0.508 e. The molecule has 0 amide bonds. The third-order valence-electron chi connectivity index (χ3n) is 2.00. The Bertz CT molecular complexity index is 349. The smallest absolute Gasteiger partial charge is 0.303 e. The Morgan fingerprint density at radius 3 is 2.71 bits per heavy atom. The van der Waals surface area contributed by atoms with Gasteiger partial charge in [-0.25, -0.2) is 0 Å². The summed E-state index contributed by atoms with van der Waals surface area (Å²) >= 11 is 3.28. The summed E-state index contributed by atoms with van der Waals surface area (Å²) < 4.78 is 0.742. The third-order valence-corrected chi connectivity index (χ3v) is 2.68. The van der Waals surface area contributed by atoms with E-state index in [1.807, 2.05) is 6.92 Å². The van der Waals surface area contributed by atoms with Crippen LogP contribution >= 0.6 is 15.9 Å². The van der Waals surface area contributed by atoms with Gasteiger partial charge in [-0.1, -0.05) is 28.9 Å². The van der Waals surface area contributed by atoms with Crippen molar-refractivity contribution in [2.75, 3.05) is 0 Å². The number of aliphatic carboxylic acids is 1. The van der Waals surface area contributed by atoms with Gasteiger partial charge in [0.2, 0.25) is 0 Å². The normalized spacial score (nSPS) is 12.4. The molecule has 0 heterocycles. The van der Waals surface area contributed by atoms with Crippen molar-refractivity contribution < 1.29 is 15.0 Å². The highest BCUT2D eigenvalue weighted by atomic mass is 79.9. The number of phenolic OH excluding ortho intramolecular Hbond substituents is 1. The van der Waals surface area contributed by atoms with Crippen molar-refractivity contribution in [3.05, 3.63) is 28.2 Å². The SMILES string of the molecule is CC(CC(=O)O)c1ccc(O)cc1Br. The molecule has 0 spiro atoms. The van der Waals surface area contributed by atoms with E-state index in [0.717, 1.165) is 10.0 Å². The second-order valence-electron chi connectivity index (χ2n) is 3.20. The lowest BCUT2D eigenvalue weighted by Gasteiger charge is -2.11. The average molecular weight is 259 g/mol. The summed E-state index contributed by atoms with van der Waals surface area (Å²) in [6, 6.07) is 4.85. The Labute approximate surface area is 90.5 Å². The quantitative estimate of drug-likeness (QED) is 0.877. The van der Waals surface area contributed by atoms with Crippen LogP contribution in [0.5, 0.6) is 5.75 Å². The summed E-state index contributed by atoms with van der Waals surface area (Å²) in [5, 5.41) is 17.8. The summed E-state index contributed by atoms with van der Waals surface area (Å²) in [6.45, 7) is 1.84. The highest BCUT2D eigenvalue weighted by molar-refractivity contribution is 9.10. The molecule has 4 heteroatoms. The Morgan fingerprint density at radius 1 is 1.57 bits per heavy atom. The number of carbonyl (C=O) groups is 1. The van der Waals surface area contributed by atoms with E-state index >= 15 is 0 Å². The lowest BCUT2D eigenvalue weighted by Crippen LogP contribution is -2.03. The summed E-state index contributed by atoms with van der Waals surface area (Å²) in [5.41, 5.74) is 0.894. The van der Waals surface area contributed by atoms with Crippen LogP contribution in [-0.2, 0) is 4.79 Å². The molecular weight excluding hydrogens is 248 g/mol. The van der Waals surface area contributed by atoms with Crippen LogP contribution in [0.4, 0.5) is 0 Å². The summed E-state index contributed by atoms with van der Waals surface area (Å²) in [4.78, 5) is 10.5. The Morgan fingerprint density at radius 2 is 2.21 bits per heavy atom. The molecule has 0 bridgehead atoms. The van der Waals surface area contributed by atoms with Gasteiger partial charge in [0.05, 0.1) is 6.42 Å². The number of aromatic hydroxyl groups is 1. The van der Waals surface area contributed by atoms with E-state index in [1.165, 1.54) is 0 Å². The molecule has 0 aliphatic rings. The molecule has 0 saturated carbocycles. The minimum atomic E-state index is -0.822. The Balaban J connectivity index is 2.90. The van der Waals surface area contributed by atoms with Crippen LogP contribution in [0, 0.1) is 0 Å². The van der Waals surface area contributed by atoms with Gasteiger partial charge < -0.3 is 10.2 Å². The van der Waals surface area contributed by atoms with E-state index < -0.39 is 5.97 Å². The van der Waals surface area contributed by atoms with Gasteiger partial charge in [0.25, 0.3) is 0 Å². The number of phenols is 1. The number of hydrogen-bond acceptors (Lipinski definition) is 2. The Hall–Kier alpha value is -1.03. The van der Waals surface area contributed by atoms with Crippen molar-refractivity contribution in [3.63, 3.8) is 0 Å². The van der Waals surface area contributed by atoms with E-state index in [0.29, 0.717) is 0 Å². The molecule has 0 aliphatic heterocycles. The van der Waals surface area contributed by atoms with Gasteiger partial charge >= 0.3 is 5.97 Å². The zero-order valence-corrected chi connectivity index (χ0v) is 9.28. The third kappa shape index (κ3) is 2.73. The van der Waals surface area contributed by atoms with Crippen LogP contribution in [0.25, 0.3) is 0 Å². The number of hydrogen-bond donors (Lipinski definition) is 2. The molecule has 1 atom stereocenters. The molecule has 76 valence electrons. The first-order valence-electron chi connectivity index (χ1n) is 4.21. The first kappa shape index (κ1) is 11.0. The molecule has 1 unspecified atom stereocenters. The van der Waals surface area contributed by atoms with Crippen LogP contribution in [0.3, 0.4) is 0 Å². The second-order valence-corrected chi connectivity index (χ2v) is 4.06. The average Bonchev–Trinajstić information content (AvgIpc) is 2.01. The largest absolute Gasteiger partial charge is 0.508 e. The topological polar surface area (TPSA) is 57.5 Å². The number of benzene rings is 1. The molecule has 0 aromatic heterocycles. The predicted molar refractivity (Wildman–Crippen MR) is 56.5 cm³/mol. The maximum atomic E-state index is 10.5. The van der Waals surface area contributed by atoms with Crippen molar-refractivity contribution in [3.8, 4) is 5.75 Å². The molecule has 1 aromatic rings. The number of rotatable bonds is 3. The zero-order valence-electron chi connectivity index (χ0n) is 7.70. The van der Waals surface area contributed by atoms with Gasteiger partial charge in [-0.05, 0) is 23.6 Å². The number of carboxylic acid groups (broad SMARTS) is 1. The maximum absolute atomic E-state index is 10.5. The van der Waals surface area contributed by atoms with E-state index in [2.05, 4.69) is 15.9 Å². The Kier molecular flexibility index (Phi) is 3.52. The number of carboxylic acids is 1. The predicted octanol–water partition coefficient (Wildman–Crippen LogP) is 2.73. The molecule has 1 aromatic carbocycles. The van der Waals surface area contributed by atoms with Crippen molar-refractivity contribution in [1.29, 1.82) is 0 Å². The maximum Gasteiger partial charge on any atom is 0.303 e. The minimum absolute atomic E-state index is 0.0672. The van der Waals surface area contributed by atoms with Crippen LogP contribution < -0.4 is 0 Å². The molecule has 0 aliphatic carbocycles. The lowest BCUT2D eigenvalue weighted by atomic mass is 9.98. The second kappa shape index (κ2) is 4.46. The number of halogens is 1. The first-order valence-corrected chi connectivity index (χ1v) is 5.00. The van der Waals surface area contributed by atoms with E-state index in [1.54, 1.807) is 18.2 Å². The van der Waals surface area contributed by atoms with Gasteiger partial charge in [0, 0.05) is 4.47 Å². The summed E-state index contributed by atoms with van der Waals surface area (Å²) in [6.07, 6.45) is 0.0867. The van der Waals surface area contributed by atoms with E-state index in [4.69, 9.17) is 10.2 Å². The summed E-state index contributed by atoms with van der Waals surface area (Å²) in [5.74, 6) is -0.719.